The van der Waals surface area contributed by atoms with Gasteiger partial charge in [0.2, 0.25) is 0 Å². The molecular formula is C52H37N4OPt-3. The molecule has 11 rings (SSSR count). The molecule has 7 aromatic carbocycles. The van der Waals surface area contributed by atoms with E-state index in [1.807, 2.05) is 18.2 Å². The summed E-state index contributed by atoms with van der Waals surface area (Å²) < 4.78 is 13.3. The van der Waals surface area contributed by atoms with Crippen LogP contribution in [0.4, 0.5) is 0 Å². The van der Waals surface area contributed by atoms with E-state index in [0.29, 0.717) is 11.2 Å². The van der Waals surface area contributed by atoms with Gasteiger partial charge in [-0.15, -0.1) is 29.1 Å². The minimum Gasteiger partial charge on any atom is -0.510 e. The Hall–Kier alpha value is -6.55. The largest absolute Gasteiger partial charge is 0.510 e. The summed E-state index contributed by atoms with van der Waals surface area (Å²) in [6, 6.07) is 65.1. The Labute approximate surface area is 349 Å². The fourth-order valence-electron chi connectivity index (χ4n) is 8.38. The molecule has 0 radical (unpaired) electrons. The first-order valence-electron chi connectivity index (χ1n) is 19.4. The third-order valence-corrected chi connectivity index (χ3v) is 11.2. The van der Waals surface area contributed by atoms with Gasteiger partial charge in [0.05, 0.1) is 5.52 Å². The summed E-state index contributed by atoms with van der Waals surface area (Å²) >= 11 is 0. The second-order valence-corrected chi connectivity index (χ2v) is 15.8. The second-order valence-electron chi connectivity index (χ2n) is 15.8. The molecule has 0 saturated heterocycles. The fourth-order valence-corrected chi connectivity index (χ4v) is 8.38. The van der Waals surface area contributed by atoms with Crippen molar-refractivity contribution in [3.05, 3.63) is 188 Å². The first-order chi connectivity index (χ1) is 27.9. The Bertz CT molecular complexity index is 3530. The second kappa shape index (κ2) is 13.8. The molecule has 1 aliphatic rings. The molecule has 1 aliphatic heterocycles. The summed E-state index contributed by atoms with van der Waals surface area (Å²) in [6.07, 6.45) is 2.16. The Morgan fingerprint density at radius 3 is 1.97 bits per heavy atom. The van der Waals surface area contributed by atoms with Crippen molar-refractivity contribution in [2.24, 2.45) is 0 Å². The number of para-hydroxylation sites is 4. The van der Waals surface area contributed by atoms with Crippen molar-refractivity contribution in [1.29, 1.82) is 0 Å². The van der Waals surface area contributed by atoms with Gasteiger partial charge in [0.1, 0.15) is 5.65 Å². The normalized spacial score (nSPS) is 11.9. The summed E-state index contributed by atoms with van der Waals surface area (Å²) in [6.45, 7) is 6.83. The van der Waals surface area contributed by atoms with Gasteiger partial charge in [-0.05, 0) is 85.1 Å². The van der Waals surface area contributed by atoms with E-state index in [1.54, 1.807) is 0 Å². The molecule has 10 bridgehead atoms. The monoisotopic (exact) mass is 928 g/mol. The van der Waals surface area contributed by atoms with Crippen LogP contribution < -0.4 is 0 Å². The van der Waals surface area contributed by atoms with Crippen LogP contribution in [-0.2, 0) is 26.5 Å². The molecule has 6 heteroatoms. The Morgan fingerprint density at radius 1 is 0.534 bits per heavy atom. The van der Waals surface area contributed by atoms with E-state index in [1.165, 1.54) is 5.56 Å². The Kier molecular flexibility index (Phi) is 8.54. The zero-order chi connectivity index (χ0) is 38.3. The molecular weight excluding hydrogens is 892 g/mol. The number of nitrogens with zero attached hydrogens (tertiary/aromatic N) is 4. The molecule has 0 N–H and O–H groups in total. The first-order valence-corrected chi connectivity index (χ1v) is 19.4. The van der Waals surface area contributed by atoms with Crippen molar-refractivity contribution in [3.8, 4) is 11.4 Å². The number of hydrogen-bond acceptors (Lipinski definition) is 2. The predicted molar refractivity (Wildman–Crippen MR) is 236 cm³/mol. The van der Waals surface area contributed by atoms with Gasteiger partial charge in [0.25, 0.3) is 0 Å². The summed E-state index contributed by atoms with van der Waals surface area (Å²) in [5.74, 6) is 0. The molecule has 0 aliphatic carbocycles. The van der Waals surface area contributed by atoms with Gasteiger partial charge in [0.15, 0.2) is 0 Å². The summed E-state index contributed by atoms with van der Waals surface area (Å²) in [7, 11) is 0. The van der Waals surface area contributed by atoms with Gasteiger partial charge >= 0.3 is 0 Å². The third kappa shape index (κ3) is 5.88. The summed E-state index contributed by atoms with van der Waals surface area (Å²) in [5.41, 5.74) is 10.1. The molecule has 10 aromatic rings. The summed E-state index contributed by atoms with van der Waals surface area (Å²) in [4.78, 5) is 5.41. The van der Waals surface area contributed by atoms with E-state index in [0.717, 1.165) is 82.3 Å². The fraction of sp³-hybridized carbons (Fsp3) is 0.0769. The van der Waals surface area contributed by atoms with Gasteiger partial charge in [-0.25, -0.2) is 4.98 Å². The average molecular weight is 929 g/mol. The van der Waals surface area contributed by atoms with Crippen molar-refractivity contribution in [3.63, 3.8) is 0 Å². The molecule has 58 heavy (non-hydrogen) atoms. The van der Waals surface area contributed by atoms with Gasteiger partial charge in [-0.2, -0.15) is 24.3 Å². The molecule has 284 valence electrons. The molecule has 0 fully saturated rings. The molecule has 3 aromatic heterocycles. The van der Waals surface area contributed by atoms with Crippen LogP contribution in [0, 0.1) is 12.1 Å². The van der Waals surface area contributed by atoms with Crippen LogP contribution in [0.2, 0.25) is 0 Å². The van der Waals surface area contributed by atoms with E-state index < -0.39 is 0 Å². The number of rotatable bonds is 0. The quantitative estimate of drug-likeness (QED) is 0.142. The van der Waals surface area contributed by atoms with E-state index in [9.17, 15) is 0 Å². The number of aromatic nitrogens is 4. The summed E-state index contributed by atoms with van der Waals surface area (Å²) in [5, 5.41) is 7.87. The van der Waals surface area contributed by atoms with Crippen molar-refractivity contribution >= 4 is 82.1 Å². The van der Waals surface area contributed by atoms with Crippen LogP contribution in [0.1, 0.15) is 26.3 Å². The molecule has 0 amide bonds. The van der Waals surface area contributed by atoms with Crippen LogP contribution >= 0.6 is 0 Å². The van der Waals surface area contributed by atoms with E-state index >= 15 is 0 Å². The standard InChI is InChI=1S/C52H37N4O.Pt/c1-52(2,3)36-29-34-28-35(30-36)45-20-13-25-51(53-45)56-47-22-9-7-19-43(47)44-27-26-39(32-50(44)56)57-38-15-12-14-37(31-38)54-33-55(49-24-11-10-23-48(49)54)46-21-8-6-18-42(46)41-17-5-4-16-40(34)41;/h4-30,33H,1-3H3;/q-3;. The maximum atomic E-state index is 6.59. The van der Waals surface area contributed by atoms with Crippen LogP contribution in [0.15, 0.2) is 175 Å². The van der Waals surface area contributed by atoms with Gasteiger partial charge in [0, 0.05) is 49.5 Å². The minimum absolute atomic E-state index is 0. The molecule has 0 atom stereocenters. The van der Waals surface area contributed by atoms with Crippen molar-refractivity contribution in [2.45, 2.75) is 26.2 Å². The first kappa shape index (κ1) is 35.8. The number of pyridine rings is 1. The van der Waals surface area contributed by atoms with Crippen LogP contribution in [-0.4, -0.2) is 18.5 Å². The van der Waals surface area contributed by atoms with Gasteiger partial charge in [-0.3, -0.25) is 0 Å². The van der Waals surface area contributed by atoms with Crippen molar-refractivity contribution < 1.29 is 25.5 Å². The van der Waals surface area contributed by atoms with E-state index in [4.69, 9.17) is 9.40 Å². The van der Waals surface area contributed by atoms with E-state index in [2.05, 4.69) is 198 Å². The number of fused-ring (bicyclic) bond motifs is 23. The topological polar surface area (TPSA) is 40.3 Å². The van der Waals surface area contributed by atoms with Gasteiger partial charge < -0.3 is 18.0 Å². The third-order valence-electron chi connectivity index (χ3n) is 11.2. The predicted octanol–water partition coefficient (Wildman–Crippen LogP) is 13.4. The molecule has 5 nitrogen and oxygen atoms in total. The zero-order valence-corrected chi connectivity index (χ0v) is 34.5. The molecule has 0 unspecified atom stereocenters. The minimum atomic E-state index is -0.106. The molecule has 0 saturated carbocycles. The van der Waals surface area contributed by atoms with Crippen molar-refractivity contribution in [2.75, 3.05) is 0 Å². The number of hydrogen-bond donors (Lipinski definition) is 0. The maximum Gasteiger partial charge on any atom is 0.136 e. The number of imidazole rings is 1. The van der Waals surface area contributed by atoms with Crippen LogP contribution in [0.25, 0.3) is 93.5 Å². The van der Waals surface area contributed by atoms with Crippen LogP contribution in [0.3, 0.4) is 0 Å². The SMILES string of the molecule is CC(C)(C)c1cc2cc(c1)c1ccccc1c1ccccc1n1[cH-]n(c3[c-]c(ccc3)oc3[c-]c4c(cc3)c3ccccc3n4c3cccc2n3)-c2ccccc2-1.[Pt]. The molecule has 4 heterocycles. The molecule has 0 spiro atoms. The Morgan fingerprint density at radius 2 is 1.17 bits per heavy atom. The number of benzene rings is 7. The van der Waals surface area contributed by atoms with Crippen molar-refractivity contribution in [1.82, 2.24) is 18.5 Å². The van der Waals surface area contributed by atoms with E-state index in [-0.39, 0.29) is 26.5 Å². The van der Waals surface area contributed by atoms with Crippen LogP contribution in [0.5, 0.6) is 0 Å². The zero-order valence-electron chi connectivity index (χ0n) is 32.2. The Balaban J connectivity index is 0.00000408. The van der Waals surface area contributed by atoms with Gasteiger partial charge in [-0.1, -0.05) is 129 Å². The maximum absolute atomic E-state index is 6.59. The average Bonchev–Trinajstić information content (AvgIpc) is 3.79. The smallest absolute Gasteiger partial charge is 0.136 e.